The highest BCUT2D eigenvalue weighted by molar-refractivity contribution is 5.97. The van der Waals surface area contributed by atoms with Crippen molar-refractivity contribution in [3.8, 4) is 11.8 Å². The van der Waals surface area contributed by atoms with Crippen molar-refractivity contribution in [1.29, 1.82) is 5.26 Å². The van der Waals surface area contributed by atoms with Crippen LogP contribution in [-0.4, -0.2) is 55.0 Å². The molecule has 0 atom stereocenters. The Kier molecular flexibility index (Phi) is 6.84. The minimum Gasteiger partial charge on any atom is -0.492 e. The van der Waals surface area contributed by atoms with Crippen LogP contribution < -0.4 is 4.74 Å². The van der Waals surface area contributed by atoms with E-state index in [2.05, 4.69) is 23.1 Å². The third kappa shape index (κ3) is 5.32. The summed E-state index contributed by atoms with van der Waals surface area (Å²) in [5.74, 6) is 0.663. The molecule has 1 fully saturated rings. The maximum Gasteiger partial charge on any atom is 0.257 e. The van der Waals surface area contributed by atoms with Crippen molar-refractivity contribution in [1.82, 2.24) is 9.80 Å². The van der Waals surface area contributed by atoms with Crippen LogP contribution in [0.3, 0.4) is 0 Å². The van der Waals surface area contributed by atoms with Crippen molar-refractivity contribution < 1.29 is 9.53 Å². The standard InChI is InChI=1S/C22H25N3O2/c23-12-6-13-24-14-16-25(17-15-24)22(26)20-9-4-5-10-21(20)27-18-11-19-7-2-1-3-8-19/h1-5,7-10H,6,11,13-18H2. The van der Waals surface area contributed by atoms with E-state index >= 15 is 0 Å². The lowest BCUT2D eigenvalue weighted by molar-refractivity contribution is 0.0635. The van der Waals surface area contributed by atoms with Crippen LogP contribution in [0.1, 0.15) is 22.3 Å². The van der Waals surface area contributed by atoms with Crippen molar-refractivity contribution in [3.63, 3.8) is 0 Å². The zero-order chi connectivity index (χ0) is 18.9. The average molecular weight is 363 g/mol. The van der Waals surface area contributed by atoms with E-state index in [1.54, 1.807) is 0 Å². The van der Waals surface area contributed by atoms with Crippen LogP contribution in [0.15, 0.2) is 54.6 Å². The largest absolute Gasteiger partial charge is 0.492 e. The molecule has 140 valence electrons. The fourth-order valence-corrected chi connectivity index (χ4v) is 3.25. The maximum atomic E-state index is 12.9. The Bertz CT molecular complexity index is 778. The van der Waals surface area contributed by atoms with Crippen LogP contribution in [0.25, 0.3) is 0 Å². The van der Waals surface area contributed by atoms with Gasteiger partial charge in [0.2, 0.25) is 0 Å². The van der Waals surface area contributed by atoms with Gasteiger partial charge < -0.3 is 9.64 Å². The van der Waals surface area contributed by atoms with Crippen molar-refractivity contribution in [2.24, 2.45) is 0 Å². The molecule has 0 aromatic heterocycles. The van der Waals surface area contributed by atoms with E-state index in [9.17, 15) is 4.79 Å². The van der Waals surface area contributed by atoms with Gasteiger partial charge in [-0.25, -0.2) is 0 Å². The number of ether oxygens (including phenoxy) is 1. The third-order valence-electron chi connectivity index (χ3n) is 4.81. The Morgan fingerprint density at radius 3 is 2.44 bits per heavy atom. The van der Waals surface area contributed by atoms with Crippen LogP contribution >= 0.6 is 0 Å². The molecule has 0 radical (unpaired) electrons. The summed E-state index contributed by atoms with van der Waals surface area (Å²) in [4.78, 5) is 17.1. The molecule has 5 heteroatoms. The minimum atomic E-state index is 0.0187. The molecule has 0 bridgehead atoms. The molecule has 0 aliphatic carbocycles. The number of hydrogen-bond donors (Lipinski definition) is 0. The molecule has 0 unspecified atom stereocenters. The molecule has 27 heavy (non-hydrogen) atoms. The first-order valence-electron chi connectivity index (χ1n) is 9.42. The number of benzene rings is 2. The predicted octanol–water partition coefficient (Wildman–Crippen LogP) is 2.98. The first-order chi connectivity index (χ1) is 13.3. The Morgan fingerprint density at radius 1 is 1.00 bits per heavy atom. The predicted molar refractivity (Wildman–Crippen MR) is 105 cm³/mol. The average Bonchev–Trinajstić information content (AvgIpc) is 2.73. The Labute approximate surface area is 160 Å². The summed E-state index contributed by atoms with van der Waals surface area (Å²) in [6.07, 6.45) is 1.34. The fraction of sp³-hybridized carbons (Fsp3) is 0.364. The van der Waals surface area contributed by atoms with Crippen LogP contribution in [0, 0.1) is 11.3 Å². The summed E-state index contributed by atoms with van der Waals surface area (Å²) in [6, 6.07) is 19.8. The highest BCUT2D eigenvalue weighted by Gasteiger charge is 2.24. The van der Waals surface area contributed by atoms with E-state index in [0.717, 1.165) is 26.1 Å². The molecule has 0 saturated carbocycles. The van der Waals surface area contributed by atoms with Crippen LogP contribution in [-0.2, 0) is 6.42 Å². The van der Waals surface area contributed by atoms with E-state index < -0.39 is 0 Å². The van der Waals surface area contributed by atoms with Crippen LogP contribution in [0.5, 0.6) is 5.75 Å². The minimum absolute atomic E-state index is 0.0187. The smallest absolute Gasteiger partial charge is 0.257 e. The zero-order valence-corrected chi connectivity index (χ0v) is 15.5. The van der Waals surface area contributed by atoms with Crippen molar-refractivity contribution in [2.75, 3.05) is 39.3 Å². The maximum absolute atomic E-state index is 12.9. The summed E-state index contributed by atoms with van der Waals surface area (Å²) in [5.41, 5.74) is 1.84. The number of hydrogen-bond acceptors (Lipinski definition) is 4. The number of carbonyl (C=O) groups is 1. The van der Waals surface area contributed by atoms with E-state index in [4.69, 9.17) is 10.00 Å². The van der Waals surface area contributed by atoms with Gasteiger partial charge in [0, 0.05) is 45.6 Å². The second-order valence-corrected chi connectivity index (χ2v) is 6.62. The lowest BCUT2D eigenvalue weighted by atomic mass is 10.1. The van der Waals surface area contributed by atoms with Gasteiger partial charge in [0.1, 0.15) is 5.75 Å². The Balaban J connectivity index is 1.57. The fourth-order valence-electron chi connectivity index (χ4n) is 3.25. The van der Waals surface area contributed by atoms with Crippen LogP contribution in [0.2, 0.25) is 0 Å². The highest BCUT2D eigenvalue weighted by Crippen LogP contribution is 2.21. The molecular weight excluding hydrogens is 338 g/mol. The number of carbonyl (C=O) groups excluding carboxylic acids is 1. The number of amides is 1. The SMILES string of the molecule is N#CCCN1CCN(C(=O)c2ccccc2OCCc2ccccc2)CC1. The van der Waals surface area contributed by atoms with Gasteiger partial charge in [-0.05, 0) is 17.7 Å². The summed E-state index contributed by atoms with van der Waals surface area (Å²) in [6.45, 7) is 4.30. The van der Waals surface area contributed by atoms with Gasteiger partial charge in [-0.15, -0.1) is 0 Å². The Hall–Kier alpha value is -2.84. The highest BCUT2D eigenvalue weighted by atomic mass is 16.5. The van der Waals surface area contributed by atoms with Crippen LogP contribution in [0.4, 0.5) is 0 Å². The van der Waals surface area contributed by atoms with E-state index in [-0.39, 0.29) is 5.91 Å². The molecule has 0 N–H and O–H groups in total. The molecular formula is C22H25N3O2. The topological polar surface area (TPSA) is 56.6 Å². The molecule has 1 heterocycles. The third-order valence-corrected chi connectivity index (χ3v) is 4.81. The van der Waals surface area contributed by atoms with Crippen molar-refractivity contribution >= 4 is 5.91 Å². The molecule has 1 amide bonds. The monoisotopic (exact) mass is 363 g/mol. The molecule has 1 aliphatic rings. The summed E-state index contributed by atoms with van der Waals surface area (Å²) < 4.78 is 5.93. The number of nitriles is 1. The molecule has 2 aromatic carbocycles. The lowest BCUT2D eigenvalue weighted by Crippen LogP contribution is -2.48. The summed E-state index contributed by atoms with van der Waals surface area (Å²) in [5, 5.41) is 8.70. The van der Waals surface area contributed by atoms with Crippen molar-refractivity contribution in [2.45, 2.75) is 12.8 Å². The zero-order valence-electron chi connectivity index (χ0n) is 15.5. The first kappa shape index (κ1) is 18.9. The van der Waals surface area contributed by atoms with Gasteiger partial charge in [-0.2, -0.15) is 5.26 Å². The number of para-hydroxylation sites is 1. The van der Waals surface area contributed by atoms with Gasteiger partial charge in [0.05, 0.1) is 18.2 Å². The number of rotatable bonds is 7. The van der Waals surface area contributed by atoms with E-state index in [1.807, 2.05) is 47.4 Å². The molecule has 1 saturated heterocycles. The molecule has 0 spiro atoms. The second kappa shape index (κ2) is 9.75. The molecule has 5 nitrogen and oxygen atoms in total. The molecule has 2 aromatic rings. The second-order valence-electron chi connectivity index (χ2n) is 6.62. The number of nitrogens with zero attached hydrogens (tertiary/aromatic N) is 3. The van der Waals surface area contributed by atoms with Gasteiger partial charge in [-0.3, -0.25) is 9.69 Å². The summed E-state index contributed by atoms with van der Waals surface area (Å²) in [7, 11) is 0. The van der Waals surface area contributed by atoms with Gasteiger partial charge >= 0.3 is 0 Å². The van der Waals surface area contributed by atoms with Gasteiger partial charge in [-0.1, -0.05) is 42.5 Å². The van der Waals surface area contributed by atoms with E-state index in [1.165, 1.54) is 5.56 Å². The van der Waals surface area contributed by atoms with Gasteiger partial charge in [0.15, 0.2) is 0 Å². The molecule has 3 rings (SSSR count). The Morgan fingerprint density at radius 2 is 1.70 bits per heavy atom. The lowest BCUT2D eigenvalue weighted by Gasteiger charge is -2.34. The quantitative estimate of drug-likeness (QED) is 0.759. The first-order valence-corrected chi connectivity index (χ1v) is 9.42. The normalized spacial score (nSPS) is 14.6. The van der Waals surface area contributed by atoms with Crippen molar-refractivity contribution in [3.05, 3.63) is 65.7 Å². The van der Waals surface area contributed by atoms with Gasteiger partial charge in [0.25, 0.3) is 5.91 Å². The summed E-state index contributed by atoms with van der Waals surface area (Å²) >= 11 is 0. The molecule has 1 aliphatic heterocycles. The number of piperazine rings is 1. The van der Waals surface area contributed by atoms with E-state index in [0.29, 0.717) is 37.4 Å².